The lowest BCUT2D eigenvalue weighted by atomic mass is 10.1. The van der Waals surface area contributed by atoms with E-state index in [1.165, 1.54) is 17.3 Å². The third kappa shape index (κ3) is 3.49. The fraction of sp³-hybridized carbons (Fsp3) is 0.286. The van der Waals surface area contributed by atoms with E-state index in [9.17, 15) is 4.79 Å². The maximum Gasteiger partial charge on any atom is 0.240 e. The van der Waals surface area contributed by atoms with Gasteiger partial charge in [-0.15, -0.1) is 5.10 Å². The first-order valence-electron chi connectivity index (χ1n) is 9.21. The van der Waals surface area contributed by atoms with Crippen LogP contribution in [0.1, 0.15) is 19.4 Å². The standard InChI is InChI=1S/C21H22N4O2S/c1-13-12-16-6-4-5-7-18(16)25(13)20(26)14(2)28-21-22-19(23-24-21)15-8-10-17(27-3)11-9-15/h4-11,13-14H,12H2,1-3H3,(H,22,23,24)/t13-,14-/m0/s1. The minimum atomic E-state index is -0.284. The zero-order chi connectivity index (χ0) is 19.7. The molecule has 0 saturated carbocycles. The van der Waals surface area contributed by atoms with Crippen LogP contribution in [0.25, 0.3) is 11.4 Å². The maximum atomic E-state index is 13.1. The Bertz CT molecular complexity index is 986. The monoisotopic (exact) mass is 394 g/mol. The van der Waals surface area contributed by atoms with Crippen molar-refractivity contribution in [2.45, 2.75) is 36.7 Å². The topological polar surface area (TPSA) is 71.1 Å². The van der Waals surface area contributed by atoms with E-state index in [0.29, 0.717) is 11.0 Å². The molecular weight excluding hydrogens is 372 g/mol. The maximum absolute atomic E-state index is 13.1. The van der Waals surface area contributed by atoms with E-state index >= 15 is 0 Å². The lowest BCUT2D eigenvalue weighted by molar-refractivity contribution is -0.118. The van der Waals surface area contributed by atoms with Crippen LogP contribution in [0.15, 0.2) is 53.7 Å². The Labute approximate surface area is 168 Å². The summed E-state index contributed by atoms with van der Waals surface area (Å²) in [6.07, 6.45) is 0.890. The van der Waals surface area contributed by atoms with Gasteiger partial charge in [0.2, 0.25) is 11.1 Å². The summed E-state index contributed by atoms with van der Waals surface area (Å²) in [5.74, 6) is 1.54. The average molecular weight is 395 g/mol. The van der Waals surface area contributed by atoms with Crippen molar-refractivity contribution in [1.29, 1.82) is 0 Å². The summed E-state index contributed by atoms with van der Waals surface area (Å²) >= 11 is 1.37. The van der Waals surface area contributed by atoms with Crippen molar-refractivity contribution in [2.75, 3.05) is 12.0 Å². The molecule has 2 heterocycles. The number of rotatable bonds is 5. The second-order valence-electron chi connectivity index (χ2n) is 6.85. The van der Waals surface area contributed by atoms with Crippen molar-refractivity contribution in [1.82, 2.24) is 15.2 Å². The molecule has 0 radical (unpaired) electrons. The van der Waals surface area contributed by atoms with Gasteiger partial charge in [0, 0.05) is 17.3 Å². The molecule has 0 spiro atoms. The van der Waals surface area contributed by atoms with Crippen LogP contribution in [0, 0.1) is 0 Å². The molecule has 0 saturated heterocycles. The molecule has 4 rings (SSSR count). The molecule has 0 unspecified atom stereocenters. The molecule has 0 bridgehead atoms. The van der Waals surface area contributed by atoms with Gasteiger partial charge in [0.05, 0.1) is 12.4 Å². The van der Waals surface area contributed by atoms with Gasteiger partial charge in [-0.05, 0) is 56.2 Å². The van der Waals surface area contributed by atoms with Crippen LogP contribution in [-0.4, -0.2) is 39.5 Å². The first-order valence-corrected chi connectivity index (χ1v) is 10.1. The highest BCUT2D eigenvalue weighted by Gasteiger charge is 2.33. The van der Waals surface area contributed by atoms with E-state index in [2.05, 4.69) is 28.2 Å². The van der Waals surface area contributed by atoms with Gasteiger partial charge in [-0.25, -0.2) is 4.98 Å². The van der Waals surface area contributed by atoms with Crippen molar-refractivity contribution in [3.63, 3.8) is 0 Å². The fourth-order valence-electron chi connectivity index (χ4n) is 3.48. The number of fused-ring (bicyclic) bond motifs is 1. The van der Waals surface area contributed by atoms with Crippen molar-refractivity contribution in [3.05, 3.63) is 54.1 Å². The summed E-state index contributed by atoms with van der Waals surface area (Å²) in [7, 11) is 1.64. The van der Waals surface area contributed by atoms with Crippen LogP contribution in [0.5, 0.6) is 5.75 Å². The fourth-order valence-corrected chi connectivity index (χ4v) is 4.26. The Hall–Kier alpha value is -2.80. The molecule has 7 heteroatoms. The third-order valence-electron chi connectivity index (χ3n) is 4.90. The molecular formula is C21H22N4O2S. The van der Waals surface area contributed by atoms with Gasteiger partial charge in [0.1, 0.15) is 5.75 Å². The van der Waals surface area contributed by atoms with Crippen LogP contribution < -0.4 is 9.64 Å². The van der Waals surface area contributed by atoms with Crippen LogP contribution in [0.2, 0.25) is 0 Å². The van der Waals surface area contributed by atoms with Crippen molar-refractivity contribution in [2.24, 2.45) is 0 Å². The molecule has 1 aliphatic heterocycles. The summed E-state index contributed by atoms with van der Waals surface area (Å²) in [6.45, 7) is 3.99. The van der Waals surface area contributed by atoms with Gasteiger partial charge in [0.15, 0.2) is 5.82 Å². The zero-order valence-electron chi connectivity index (χ0n) is 16.0. The Kier molecular flexibility index (Phi) is 5.09. The van der Waals surface area contributed by atoms with Gasteiger partial charge in [-0.1, -0.05) is 30.0 Å². The number of benzene rings is 2. The number of aromatic nitrogens is 3. The summed E-state index contributed by atoms with van der Waals surface area (Å²) in [4.78, 5) is 19.5. The number of para-hydroxylation sites is 1. The third-order valence-corrected chi connectivity index (χ3v) is 5.85. The number of hydrogen-bond donors (Lipinski definition) is 1. The molecule has 3 aromatic rings. The van der Waals surface area contributed by atoms with Crippen LogP contribution in [0.3, 0.4) is 0 Å². The van der Waals surface area contributed by atoms with E-state index in [1.807, 2.05) is 54.3 Å². The quantitative estimate of drug-likeness (QED) is 0.664. The molecule has 1 amide bonds. The molecule has 2 aromatic carbocycles. The Balaban J connectivity index is 1.47. The molecule has 1 aromatic heterocycles. The number of amides is 1. The molecule has 28 heavy (non-hydrogen) atoms. The highest BCUT2D eigenvalue weighted by molar-refractivity contribution is 8.00. The number of ether oxygens (including phenoxy) is 1. The minimum absolute atomic E-state index is 0.0817. The molecule has 1 N–H and O–H groups in total. The van der Waals surface area contributed by atoms with E-state index in [-0.39, 0.29) is 17.2 Å². The number of methoxy groups -OCH3 is 1. The zero-order valence-corrected chi connectivity index (χ0v) is 16.9. The average Bonchev–Trinajstić information content (AvgIpc) is 3.31. The smallest absolute Gasteiger partial charge is 0.240 e. The van der Waals surface area contributed by atoms with Gasteiger partial charge in [-0.2, -0.15) is 0 Å². The summed E-state index contributed by atoms with van der Waals surface area (Å²) < 4.78 is 5.18. The number of nitrogens with zero attached hydrogens (tertiary/aromatic N) is 3. The Morgan fingerprint density at radius 2 is 2.00 bits per heavy atom. The van der Waals surface area contributed by atoms with Crippen LogP contribution >= 0.6 is 11.8 Å². The molecule has 1 aliphatic rings. The second kappa shape index (κ2) is 7.67. The number of anilines is 1. The van der Waals surface area contributed by atoms with Crippen LogP contribution in [0.4, 0.5) is 5.69 Å². The first-order chi connectivity index (χ1) is 13.6. The number of aromatic amines is 1. The lowest BCUT2D eigenvalue weighted by Crippen LogP contribution is -2.40. The number of thioether (sulfide) groups is 1. The van der Waals surface area contributed by atoms with Crippen molar-refractivity contribution < 1.29 is 9.53 Å². The number of nitrogens with one attached hydrogen (secondary N) is 1. The second-order valence-corrected chi connectivity index (χ2v) is 8.15. The summed E-state index contributed by atoms with van der Waals surface area (Å²) in [5.41, 5.74) is 3.16. The molecule has 144 valence electrons. The highest BCUT2D eigenvalue weighted by atomic mass is 32.2. The summed E-state index contributed by atoms with van der Waals surface area (Å²) in [6, 6.07) is 15.9. The SMILES string of the molecule is COc1ccc(-c2nc(S[C@@H](C)C(=O)N3c4ccccc4C[C@@H]3C)n[nH]2)cc1. The molecule has 0 fully saturated rings. The van der Waals surface area contributed by atoms with Gasteiger partial charge < -0.3 is 9.64 Å². The van der Waals surface area contributed by atoms with E-state index in [0.717, 1.165) is 23.4 Å². The van der Waals surface area contributed by atoms with Crippen LogP contribution in [-0.2, 0) is 11.2 Å². The Morgan fingerprint density at radius 1 is 1.25 bits per heavy atom. The van der Waals surface area contributed by atoms with Gasteiger partial charge in [0.25, 0.3) is 0 Å². The predicted octanol–water partition coefficient (Wildman–Crippen LogP) is 3.94. The van der Waals surface area contributed by atoms with Crippen molar-refractivity contribution >= 4 is 23.4 Å². The van der Waals surface area contributed by atoms with E-state index < -0.39 is 0 Å². The predicted molar refractivity (Wildman–Crippen MR) is 111 cm³/mol. The van der Waals surface area contributed by atoms with Crippen molar-refractivity contribution in [3.8, 4) is 17.1 Å². The number of hydrogen-bond acceptors (Lipinski definition) is 5. The van der Waals surface area contributed by atoms with E-state index in [1.54, 1.807) is 7.11 Å². The minimum Gasteiger partial charge on any atom is -0.497 e. The summed E-state index contributed by atoms with van der Waals surface area (Å²) in [5, 5.41) is 7.50. The first kappa shape index (κ1) is 18.6. The molecule has 0 aliphatic carbocycles. The van der Waals surface area contributed by atoms with E-state index in [4.69, 9.17) is 4.74 Å². The lowest BCUT2D eigenvalue weighted by Gasteiger charge is -2.25. The highest BCUT2D eigenvalue weighted by Crippen LogP contribution is 2.34. The number of H-pyrrole nitrogens is 1. The van der Waals surface area contributed by atoms with Gasteiger partial charge in [-0.3, -0.25) is 9.89 Å². The number of carbonyl (C=O) groups is 1. The molecule has 2 atom stereocenters. The Morgan fingerprint density at radius 3 is 2.75 bits per heavy atom. The largest absolute Gasteiger partial charge is 0.497 e. The normalized spacial score (nSPS) is 16.7. The number of carbonyl (C=O) groups excluding carboxylic acids is 1. The van der Waals surface area contributed by atoms with Gasteiger partial charge >= 0.3 is 0 Å². The molecule has 6 nitrogen and oxygen atoms in total.